The predicted molar refractivity (Wildman–Crippen MR) is 78.4 cm³/mol. The van der Waals surface area contributed by atoms with Crippen LogP contribution in [0.2, 0.25) is 5.02 Å². The van der Waals surface area contributed by atoms with Crippen molar-refractivity contribution in [3.8, 4) is 5.75 Å². The van der Waals surface area contributed by atoms with E-state index >= 15 is 0 Å². The van der Waals surface area contributed by atoms with Gasteiger partial charge in [0.15, 0.2) is 6.10 Å². The minimum absolute atomic E-state index is 0.318. The SMILES string of the molecule is Cc1cc(Cl)ccc1OC(Cc1ccccc1)C(=O)O. The lowest BCUT2D eigenvalue weighted by Crippen LogP contribution is -2.29. The van der Waals surface area contributed by atoms with E-state index in [0.29, 0.717) is 17.2 Å². The lowest BCUT2D eigenvalue weighted by molar-refractivity contribution is -0.145. The molecule has 1 atom stereocenters. The molecule has 2 rings (SSSR count). The van der Waals surface area contributed by atoms with Gasteiger partial charge in [0.1, 0.15) is 5.75 Å². The lowest BCUT2D eigenvalue weighted by Gasteiger charge is -2.17. The third-order valence-corrected chi connectivity index (χ3v) is 3.18. The monoisotopic (exact) mass is 290 g/mol. The average molecular weight is 291 g/mol. The third-order valence-electron chi connectivity index (χ3n) is 2.95. The molecule has 0 amide bonds. The van der Waals surface area contributed by atoms with Gasteiger partial charge in [0.05, 0.1) is 0 Å². The topological polar surface area (TPSA) is 46.5 Å². The van der Waals surface area contributed by atoms with Crippen molar-refractivity contribution in [3.63, 3.8) is 0 Å². The van der Waals surface area contributed by atoms with E-state index < -0.39 is 12.1 Å². The summed E-state index contributed by atoms with van der Waals surface area (Å²) in [5.74, 6) is -0.444. The van der Waals surface area contributed by atoms with Crippen molar-refractivity contribution in [2.75, 3.05) is 0 Å². The Morgan fingerprint density at radius 2 is 1.95 bits per heavy atom. The summed E-state index contributed by atoms with van der Waals surface area (Å²) >= 11 is 5.87. The molecule has 0 saturated heterocycles. The number of hydrogen-bond acceptors (Lipinski definition) is 2. The van der Waals surface area contributed by atoms with Crippen LogP contribution in [0.15, 0.2) is 48.5 Å². The predicted octanol–water partition coefficient (Wildman–Crippen LogP) is 3.72. The highest BCUT2D eigenvalue weighted by Crippen LogP contribution is 2.23. The molecule has 0 fully saturated rings. The van der Waals surface area contributed by atoms with Crippen LogP contribution in [0.3, 0.4) is 0 Å². The molecule has 0 aliphatic rings. The van der Waals surface area contributed by atoms with Crippen molar-refractivity contribution < 1.29 is 14.6 Å². The first-order valence-electron chi connectivity index (χ1n) is 6.26. The van der Waals surface area contributed by atoms with Gasteiger partial charge in [-0.2, -0.15) is 0 Å². The molecule has 0 radical (unpaired) electrons. The first kappa shape index (κ1) is 14.4. The van der Waals surface area contributed by atoms with Gasteiger partial charge in [-0.1, -0.05) is 41.9 Å². The number of aliphatic carboxylic acids is 1. The number of aryl methyl sites for hydroxylation is 1. The van der Waals surface area contributed by atoms with Gasteiger partial charge in [-0.3, -0.25) is 0 Å². The number of hydrogen-bond donors (Lipinski definition) is 1. The zero-order valence-corrected chi connectivity index (χ0v) is 11.8. The Kier molecular flexibility index (Phi) is 4.64. The fraction of sp³-hybridized carbons (Fsp3) is 0.188. The number of rotatable bonds is 5. The summed E-state index contributed by atoms with van der Waals surface area (Å²) in [5, 5.41) is 9.89. The fourth-order valence-corrected chi connectivity index (χ4v) is 2.13. The average Bonchev–Trinajstić information content (AvgIpc) is 2.42. The van der Waals surface area contributed by atoms with Gasteiger partial charge < -0.3 is 9.84 Å². The number of carboxylic acid groups (broad SMARTS) is 1. The fourth-order valence-electron chi connectivity index (χ4n) is 1.91. The Balaban J connectivity index is 2.15. The molecule has 0 aromatic heterocycles. The second-order valence-electron chi connectivity index (χ2n) is 4.54. The molecule has 4 heteroatoms. The zero-order chi connectivity index (χ0) is 14.5. The summed E-state index contributed by atoms with van der Waals surface area (Å²) in [4.78, 5) is 11.3. The maximum atomic E-state index is 11.3. The third kappa shape index (κ3) is 3.75. The molecule has 1 unspecified atom stereocenters. The molecular formula is C16H15ClO3. The summed E-state index contributed by atoms with van der Waals surface area (Å²) in [6.07, 6.45) is -0.601. The lowest BCUT2D eigenvalue weighted by atomic mass is 10.1. The van der Waals surface area contributed by atoms with E-state index in [9.17, 15) is 9.90 Å². The largest absolute Gasteiger partial charge is 0.478 e. The smallest absolute Gasteiger partial charge is 0.345 e. The molecule has 0 saturated carbocycles. The Morgan fingerprint density at radius 3 is 2.55 bits per heavy atom. The van der Waals surface area contributed by atoms with E-state index in [1.807, 2.05) is 37.3 Å². The van der Waals surface area contributed by atoms with E-state index in [0.717, 1.165) is 11.1 Å². The quantitative estimate of drug-likeness (QED) is 0.913. The standard InChI is InChI=1S/C16H15ClO3/c1-11-9-13(17)7-8-14(11)20-15(16(18)19)10-12-5-3-2-4-6-12/h2-9,15H,10H2,1H3,(H,18,19). The van der Waals surface area contributed by atoms with Crippen LogP contribution in [0, 0.1) is 6.92 Å². The zero-order valence-electron chi connectivity index (χ0n) is 11.0. The van der Waals surface area contributed by atoms with Gasteiger partial charge in [-0.05, 0) is 36.2 Å². The summed E-state index contributed by atoms with van der Waals surface area (Å²) in [7, 11) is 0. The van der Waals surface area contributed by atoms with Crippen molar-refractivity contribution >= 4 is 17.6 Å². The molecule has 104 valence electrons. The minimum Gasteiger partial charge on any atom is -0.478 e. The second-order valence-corrected chi connectivity index (χ2v) is 4.98. The number of benzene rings is 2. The van der Waals surface area contributed by atoms with Crippen LogP contribution in [0.4, 0.5) is 0 Å². The molecule has 2 aromatic rings. The van der Waals surface area contributed by atoms with E-state index in [1.54, 1.807) is 18.2 Å². The molecule has 0 aliphatic heterocycles. The number of carboxylic acids is 1. The highest BCUT2D eigenvalue weighted by Gasteiger charge is 2.20. The maximum Gasteiger partial charge on any atom is 0.345 e. The molecule has 0 spiro atoms. The van der Waals surface area contributed by atoms with Crippen molar-refractivity contribution in [2.45, 2.75) is 19.4 Å². The summed E-state index contributed by atoms with van der Waals surface area (Å²) in [6, 6.07) is 14.5. The van der Waals surface area contributed by atoms with Crippen LogP contribution in [0.25, 0.3) is 0 Å². The number of ether oxygens (including phenoxy) is 1. The van der Waals surface area contributed by atoms with Crippen LogP contribution in [-0.2, 0) is 11.2 Å². The Labute approximate surface area is 122 Å². The molecule has 20 heavy (non-hydrogen) atoms. The first-order valence-corrected chi connectivity index (χ1v) is 6.63. The van der Waals surface area contributed by atoms with Gasteiger partial charge in [-0.15, -0.1) is 0 Å². The summed E-state index contributed by atoms with van der Waals surface area (Å²) < 4.78 is 5.61. The van der Waals surface area contributed by atoms with Gasteiger partial charge in [0.2, 0.25) is 0 Å². The Hall–Kier alpha value is -2.00. The van der Waals surface area contributed by atoms with Crippen molar-refractivity contribution in [1.29, 1.82) is 0 Å². The van der Waals surface area contributed by atoms with Crippen molar-refractivity contribution in [3.05, 3.63) is 64.7 Å². The van der Waals surface area contributed by atoms with Gasteiger partial charge in [-0.25, -0.2) is 4.79 Å². The van der Waals surface area contributed by atoms with E-state index in [1.165, 1.54) is 0 Å². The van der Waals surface area contributed by atoms with E-state index in [2.05, 4.69) is 0 Å². The normalized spacial score (nSPS) is 11.9. The van der Waals surface area contributed by atoms with Crippen LogP contribution >= 0.6 is 11.6 Å². The maximum absolute atomic E-state index is 11.3. The van der Waals surface area contributed by atoms with E-state index in [-0.39, 0.29) is 0 Å². The molecule has 0 aliphatic carbocycles. The van der Waals surface area contributed by atoms with E-state index in [4.69, 9.17) is 16.3 Å². The van der Waals surface area contributed by atoms with Crippen LogP contribution in [0.5, 0.6) is 5.75 Å². The Bertz CT molecular complexity index is 596. The van der Waals surface area contributed by atoms with Crippen LogP contribution in [-0.4, -0.2) is 17.2 Å². The first-order chi connectivity index (χ1) is 9.56. The molecular weight excluding hydrogens is 276 g/mol. The highest BCUT2D eigenvalue weighted by molar-refractivity contribution is 6.30. The summed E-state index contributed by atoms with van der Waals surface area (Å²) in [5.41, 5.74) is 1.74. The highest BCUT2D eigenvalue weighted by atomic mass is 35.5. The molecule has 3 nitrogen and oxygen atoms in total. The van der Waals surface area contributed by atoms with Gasteiger partial charge in [0, 0.05) is 11.4 Å². The van der Waals surface area contributed by atoms with Gasteiger partial charge in [0.25, 0.3) is 0 Å². The van der Waals surface area contributed by atoms with Crippen molar-refractivity contribution in [1.82, 2.24) is 0 Å². The molecule has 0 bridgehead atoms. The molecule has 1 N–H and O–H groups in total. The number of halogens is 1. The summed E-state index contributed by atoms with van der Waals surface area (Å²) in [6.45, 7) is 1.84. The Morgan fingerprint density at radius 1 is 1.25 bits per heavy atom. The van der Waals surface area contributed by atoms with Crippen molar-refractivity contribution in [2.24, 2.45) is 0 Å². The van der Waals surface area contributed by atoms with Crippen LogP contribution in [0.1, 0.15) is 11.1 Å². The minimum atomic E-state index is -0.983. The molecule has 0 heterocycles. The second kappa shape index (κ2) is 6.44. The van der Waals surface area contributed by atoms with Crippen LogP contribution < -0.4 is 4.74 Å². The van der Waals surface area contributed by atoms with Gasteiger partial charge >= 0.3 is 5.97 Å². The number of carbonyl (C=O) groups is 1. The molecule has 2 aromatic carbocycles.